The van der Waals surface area contributed by atoms with Gasteiger partial charge in [-0.15, -0.1) is 16.4 Å². The molecular weight excluding hydrogens is 234 g/mol. The Bertz CT molecular complexity index is 441. The maximum Gasteiger partial charge on any atom is 0.233 e. The molecule has 2 aromatic rings. The first-order valence-electron chi connectivity index (χ1n) is 5.43. The van der Waals surface area contributed by atoms with Gasteiger partial charge in [-0.1, -0.05) is 6.07 Å². The molecule has 0 saturated heterocycles. The van der Waals surface area contributed by atoms with E-state index in [-0.39, 0.29) is 0 Å². The Morgan fingerprint density at radius 3 is 2.82 bits per heavy atom. The zero-order valence-electron chi connectivity index (χ0n) is 9.88. The quantitative estimate of drug-likeness (QED) is 0.884. The van der Waals surface area contributed by atoms with Crippen molar-refractivity contribution in [3.8, 4) is 5.88 Å². The minimum Gasteiger partial charge on any atom is -0.480 e. The van der Waals surface area contributed by atoms with Gasteiger partial charge in [-0.25, -0.2) is 0 Å². The zero-order valence-corrected chi connectivity index (χ0v) is 10.7. The van der Waals surface area contributed by atoms with Crippen LogP contribution in [0.4, 0.5) is 0 Å². The Hall–Kier alpha value is -1.46. The summed E-state index contributed by atoms with van der Waals surface area (Å²) in [6.45, 7) is 2.85. The van der Waals surface area contributed by atoms with Crippen LogP contribution in [0.1, 0.15) is 23.5 Å². The van der Waals surface area contributed by atoms with E-state index in [2.05, 4.69) is 40.0 Å². The molecule has 1 atom stereocenters. The van der Waals surface area contributed by atoms with E-state index in [0.29, 0.717) is 18.5 Å². The van der Waals surface area contributed by atoms with Gasteiger partial charge in [0.25, 0.3) is 0 Å². The summed E-state index contributed by atoms with van der Waals surface area (Å²) in [5, 5.41) is 13.5. The van der Waals surface area contributed by atoms with Crippen LogP contribution in [0.5, 0.6) is 5.88 Å². The van der Waals surface area contributed by atoms with Crippen LogP contribution in [-0.4, -0.2) is 17.3 Å². The van der Waals surface area contributed by atoms with Crippen LogP contribution in [-0.2, 0) is 6.54 Å². The maximum atomic E-state index is 4.96. The van der Waals surface area contributed by atoms with E-state index >= 15 is 0 Å². The first-order chi connectivity index (χ1) is 8.29. The maximum absolute atomic E-state index is 4.96. The standard InChI is InChI=1S/C12H15N3OS/c1-9(11-4-3-7-17-11)13-8-10-5-6-12(16-2)15-14-10/h3-7,9,13H,8H2,1-2H3/t9-/m0/s1. The number of methoxy groups -OCH3 is 1. The van der Waals surface area contributed by atoms with Crippen LogP contribution >= 0.6 is 11.3 Å². The largest absolute Gasteiger partial charge is 0.480 e. The summed E-state index contributed by atoms with van der Waals surface area (Å²) in [4.78, 5) is 1.33. The molecule has 0 amide bonds. The van der Waals surface area contributed by atoms with Gasteiger partial charge in [-0.3, -0.25) is 0 Å². The van der Waals surface area contributed by atoms with Gasteiger partial charge in [0.1, 0.15) is 0 Å². The molecule has 0 saturated carbocycles. The first-order valence-corrected chi connectivity index (χ1v) is 6.31. The fourth-order valence-electron chi connectivity index (χ4n) is 1.45. The van der Waals surface area contributed by atoms with Gasteiger partial charge in [0.2, 0.25) is 5.88 Å². The molecule has 0 aliphatic carbocycles. The minimum atomic E-state index is 0.332. The van der Waals surface area contributed by atoms with E-state index in [4.69, 9.17) is 4.74 Å². The molecule has 0 aliphatic rings. The molecule has 90 valence electrons. The van der Waals surface area contributed by atoms with Crippen molar-refractivity contribution < 1.29 is 4.74 Å². The number of ether oxygens (including phenoxy) is 1. The summed E-state index contributed by atoms with van der Waals surface area (Å²) in [6, 6.07) is 8.26. The second-order valence-electron chi connectivity index (χ2n) is 3.69. The van der Waals surface area contributed by atoms with Crippen molar-refractivity contribution in [3.63, 3.8) is 0 Å². The van der Waals surface area contributed by atoms with Gasteiger partial charge in [0.15, 0.2) is 0 Å². The lowest BCUT2D eigenvalue weighted by atomic mass is 10.2. The van der Waals surface area contributed by atoms with Crippen LogP contribution in [0.2, 0.25) is 0 Å². The lowest BCUT2D eigenvalue weighted by Crippen LogP contribution is -2.18. The van der Waals surface area contributed by atoms with Gasteiger partial charge in [0.05, 0.1) is 12.8 Å². The predicted molar refractivity (Wildman–Crippen MR) is 68.2 cm³/mol. The molecule has 2 rings (SSSR count). The third kappa shape index (κ3) is 3.25. The number of thiophene rings is 1. The van der Waals surface area contributed by atoms with Crippen molar-refractivity contribution in [2.24, 2.45) is 0 Å². The monoisotopic (exact) mass is 249 g/mol. The van der Waals surface area contributed by atoms with E-state index in [1.54, 1.807) is 18.4 Å². The van der Waals surface area contributed by atoms with Crippen molar-refractivity contribution in [2.45, 2.75) is 19.5 Å². The number of nitrogens with one attached hydrogen (secondary N) is 1. The molecular formula is C12H15N3OS. The average molecular weight is 249 g/mol. The normalized spacial score (nSPS) is 12.4. The van der Waals surface area contributed by atoms with Gasteiger partial charge in [0, 0.05) is 23.5 Å². The predicted octanol–water partition coefficient (Wildman–Crippen LogP) is 2.40. The third-order valence-corrected chi connectivity index (χ3v) is 3.52. The lowest BCUT2D eigenvalue weighted by Gasteiger charge is -2.11. The van der Waals surface area contributed by atoms with E-state index in [0.717, 1.165) is 5.69 Å². The van der Waals surface area contributed by atoms with Crippen molar-refractivity contribution in [1.82, 2.24) is 15.5 Å². The number of hydrogen-bond donors (Lipinski definition) is 1. The lowest BCUT2D eigenvalue weighted by molar-refractivity contribution is 0.390. The molecule has 0 aromatic carbocycles. The number of nitrogens with zero attached hydrogens (tertiary/aromatic N) is 2. The Labute approximate surface area is 105 Å². The molecule has 2 aromatic heterocycles. The smallest absolute Gasteiger partial charge is 0.233 e. The number of hydrogen-bond acceptors (Lipinski definition) is 5. The van der Waals surface area contributed by atoms with Crippen LogP contribution in [0, 0.1) is 0 Å². The Morgan fingerprint density at radius 1 is 1.35 bits per heavy atom. The highest BCUT2D eigenvalue weighted by atomic mass is 32.1. The van der Waals surface area contributed by atoms with Gasteiger partial charge < -0.3 is 10.1 Å². The molecule has 1 N–H and O–H groups in total. The summed E-state index contributed by atoms with van der Waals surface area (Å²) in [5.74, 6) is 0.542. The van der Waals surface area contributed by atoms with E-state index in [1.165, 1.54) is 4.88 Å². The molecule has 0 unspecified atom stereocenters. The average Bonchev–Trinajstić information content (AvgIpc) is 2.90. The van der Waals surface area contributed by atoms with Crippen LogP contribution < -0.4 is 10.1 Å². The molecule has 17 heavy (non-hydrogen) atoms. The summed E-state index contributed by atoms with van der Waals surface area (Å²) in [7, 11) is 1.58. The molecule has 0 spiro atoms. The molecule has 0 aliphatic heterocycles. The van der Waals surface area contributed by atoms with E-state index < -0.39 is 0 Å². The second-order valence-corrected chi connectivity index (χ2v) is 4.66. The summed E-state index contributed by atoms with van der Waals surface area (Å²) >= 11 is 1.75. The highest BCUT2D eigenvalue weighted by Gasteiger charge is 2.06. The Morgan fingerprint density at radius 2 is 2.24 bits per heavy atom. The summed E-state index contributed by atoms with van der Waals surface area (Å²) in [6.07, 6.45) is 0. The fraction of sp³-hybridized carbons (Fsp3) is 0.333. The van der Waals surface area contributed by atoms with Gasteiger partial charge in [-0.05, 0) is 24.4 Å². The van der Waals surface area contributed by atoms with Crippen molar-refractivity contribution in [3.05, 3.63) is 40.2 Å². The van der Waals surface area contributed by atoms with Crippen molar-refractivity contribution in [2.75, 3.05) is 7.11 Å². The number of aromatic nitrogens is 2. The highest BCUT2D eigenvalue weighted by Crippen LogP contribution is 2.18. The van der Waals surface area contributed by atoms with Crippen LogP contribution in [0.25, 0.3) is 0 Å². The van der Waals surface area contributed by atoms with Crippen LogP contribution in [0.3, 0.4) is 0 Å². The van der Waals surface area contributed by atoms with Crippen molar-refractivity contribution >= 4 is 11.3 Å². The molecule has 0 radical (unpaired) electrons. The molecule has 5 heteroatoms. The summed E-state index contributed by atoms with van der Waals surface area (Å²) in [5.41, 5.74) is 0.911. The third-order valence-electron chi connectivity index (χ3n) is 2.46. The fourth-order valence-corrected chi connectivity index (χ4v) is 2.21. The van der Waals surface area contributed by atoms with Crippen LogP contribution in [0.15, 0.2) is 29.6 Å². The number of rotatable bonds is 5. The molecule has 4 nitrogen and oxygen atoms in total. The van der Waals surface area contributed by atoms with E-state index in [9.17, 15) is 0 Å². The highest BCUT2D eigenvalue weighted by molar-refractivity contribution is 7.10. The van der Waals surface area contributed by atoms with Crippen molar-refractivity contribution in [1.29, 1.82) is 0 Å². The zero-order chi connectivity index (χ0) is 12.1. The van der Waals surface area contributed by atoms with Gasteiger partial charge >= 0.3 is 0 Å². The molecule has 0 fully saturated rings. The minimum absolute atomic E-state index is 0.332. The first kappa shape index (κ1) is 12.0. The second kappa shape index (κ2) is 5.75. The Kier molecular flexibility index (Phi) is 4.06. The SMILES string of the molecule is COc1ccc(CN[C@@H](C)c2cccs2)nn1. The molecule has 2 heterocycles. The molecule has 0 bridgehead atoms. The Balaban J connectivity index is 1.89. The van der Waals surface area contributed by atoms with Gasteiger partial charge in [-0.2, -0.15) is 5.10 Å². The van der Waals surface area contributed by atoms with E-state index in [1.807, 2.05) is 12.1 Å². The topological polar surface area (TPSA) is 47.0 Å². The summed E-state index contributed by atoms with van der Waals surface area (Å²) < 4.78 is 4.96.